The molecule has 7 nitrogen and oxygen atoms in total. The van der Waals surface area contributed by atoms with E-state index in [0.717, 1.165) is 21.6 Å². The molecular weight excluding hydrogens is 514 g/mol. The van der Waals surface area contributed by atoms with Crippen molar-refractivity contribution in [2.24, 2.45) is 23.7 Å². The molecule has 5 aliphatic rings. The summed E-state index contributed by atoms with van der Waals surface area (Å²) in [7, 11) is 0. The van der Waals surface area contributed by atoms with Crippen molar-refractivity contribution < 1.29 is 29.0 Å². The Hall–Kier alpha value is -4.04. The van der Waals surface area contributed by atoms with Crippen LogP contribution in [0.1, 0.15) is 30.2 Å². The van der Waals surface area contributed by atoms with Gasteiger partial charge in [-0.05, 0) is 67.0 Å². The van der Waals surface area contributed by atoms with E-state index in [1.807, 2.05) is 23.6 Å². The van der Waals surface area contributed by atoms with E-state index in [2.05, 4.69) is 0 Å². The zero-order chi connectivity index (χ0) is 27.0. The van der Waals surface area contributed by atoms with E-state index in [4.69, 9.17) is 4.74 Å². The van der Waals surface area contributed by atoms with Gasteiger partial charge in [-0.15, -0.1) is 11.3 Å². The zero-order valence-corrected chi connectivity index (χ0v) is 22.0. The summed E-state index contributed by atoms with van der Waals surface area (Å²) in [4.78, 5) is 56.4. The number of thiophene rings is 1. The maximum Gasteiger partial charge on any atom is 0.234 e. The number of amides is 2. The van der Waals surface area contributed by atoms with Crippen molar-refractivity contribution in [2.75, 3.05) is 0 Å². The molecule has 8 heteroatoms. The molecule has 3 heterocycles. The number of phenols is 1. The first-order valence-electron chi connectivity index (χ1n) is 13.1. The van der Waals surface area contributed by atoms with Crippen molar-refractivity contribution in [1.29, 1.82) is 0 Å². The van der Waals surface area contributed by atoms with E-state index in [0.29, 0.717) is 35.3 Å². The molecule has 0 bridgehead atoms. The molecule has 39 heavy (non-hydrogen) atoms. The van der Waals surface area contributed by atoms with Crippen LogP contribution in [0.15, 0.2) is 82.0 Å². The summed E-state index contributed by atoms with van der Waals surface area (Å²) in [5.74, 6) is -1.99. The van der Waals surface area contributed by atoms with Gasteiger partial charge in [0.1, 0.15) is 11.5 Å². The van der Waals surface area contributed by atoms with Crippen molar-refractivity contribution in [1.82, 2.24) is 4.90 Å². The Morgan fingerprint density at radius 2 is 1.95 bits per heavy atom. The molecule has 0 saturated carbocycles. The number of allylic oxidation sites excluding steroid dienone is 7. The second-order valence-corrected chi connectivity index (χ2v) is 11.9. The number of Topliss-reactive ketones (excluding diaryl/α,β-unsaturated/α-hetero) is 1. The number of benzene rings is 1. The lowest BCUT2D eigenvalue weighted by atomic mass is 9.58. The van der Waals surface area contributed by atoms with Gasteiger partial charge in [-0.1, -0.05) is 17.7 Å². The van der Waals surface area contributed by atoms with Crippen molar-refractivity contribution in [2.45, 2.75) is 32.7 Å². The van der Waals surface area contributed by atoms with Gasteiger partial charge >= 0.3 is 0 Å². The number of hydrogen-bond donors (Lipinski definition) is 1. The topological polar surface area (TPSA) is 101 Å². The first-order chi connectivity index (χ1) is 18.8. The third-order valence-corrected chi connectivity index (χ3v) is 9.56. The molecule has 7 rings (SSSR count). The maximum absolute atomic E-state index is 13.8. The molecule has 3 aliphatic carbocycles. The van der Waals surface area contributed by atoms with Crippen LogP contribution in [0.25, 0.3) is 0 Å². The number of hydrogen-bond acceptors (Lipinski definition) is 7. The van der Waals surface area contributed by atoms with Crippen LogP contribution in [0, 0.1) is 23.7 Å². The summed E-state index contributed by atoms with van der Waals surface area (Å²) in [6, 6.07) is 8.71. The van der Waals surface area contributed by atoms with Crippen LogP contribution in [-0.2, 0) is 32.1 Å². The van der Waals surface area contributed by atoms with Crippen molar-refractivity contribution in [3.63, 3.8) is 0 Å². The van der Waals surface area contributed by atoms with Gasteiger partial charge in [-0.3, -0.25) is 24.1 Å². The Balaban J connectivity index is 1.31. The number of carbonyl (C=O) groups is 4. The van der Waals surface area contributed by atoms with Crippen LogP contribution in [0.3, 0.4) is 0 Å². The lowest BCUT2D eigenvalue weighted by molar-refractivity contribution is -0.140. The molecule has 1 aromatic heterocycles. The summed E-state index contributed by atoms with van der Waals surface area (Å²) >= 11 is 1.51. The van der Waals surface area contributed by atoms with Gasteiger partial charge in [0, 0.05) is 39.5 Å². The molecule has 0 spiro atoms. The number of ketones is 2. The molecular formula is C31H25NO6S. The van der Waals surface area contributed by atoms with Crippen LogP contribution in [0.5, 0.6) is 11.5 Å². The number of ether oxygens (including phenoxy) is 1. The van der Waals surface area contributed by atoms with E-state index in [1.54, 1.807) is 31.4 Å². The molecule has 2 aliphatic heterocycles. The third kappa shape index (κ3) is 3.61. The number of nitrogens with zero attached hydrogens (tertiary/aromatic N) is 1. The minimum atomic E-state index is -0.579. The van der Waals surface area contributed by atoms with E-state index in [9.17, 15) is 24.3 Å². The zero-order valence-electron chi connectivity index (χ0n) is 21.2. The summed E-state index contributed by atoms with van der Waals surface area (Å²) in [6.45, 7) is 1.89. The second kappa shape index (κ2) is 8.74. The molecule has 2 aromatic rings. The highest BCUT2D eigenvalue weighted by atomic mass is 32.1. The van der Waals surface area contributed by atoms with Gasteiger partial charge in [0.2, 0.25) is 11.8 Å². The summed E-state index contributed by atoms with van der Waals surface area (Å²) in [5.41, 5.74) is 3.73. The maximum atomic E-state index is 13.8. The highest BCUT2D eigenvalue weighted by molar-refractivity contribution is 7.09. The molecule has 1 aromatic carbocycles. The van der Waals surface area contributed by atoms with E-state index in [1.165, 1.54) is 22.3 Å². The number of rotatable bonds is 3. The number of phenolic OH excluding ortho intramolecular Hbond substituents is 1. The van der Waals surface area contributed by atoms with Crippen LogP contribution >= 0.6 is 11.3 Å². The largest absolute Gasteiger partial charge is 0.508 e. The monoisotopic (exact) mass is 539 g/mol. The summed E-state index contributed by atoms with van der Waals surface area (Å²) in [5, 5.41) is 12.0. The van der Waals surface area contributed by atoms with Gasteiger partial charge < -0.3 is 9.84 Å². The first-order valence-corrected chi connectivity index (χ1v) is 13.9. The van der Waals surface area contributed by atoms with Crippen LogP contribution in [0.2, 0.25) is 0 Å². The minimum Gasteiger partial charge on any atom is -0.508 e. The molecule has 0 unspecified atom stereocenters. The Kier molecular flexibility index (Phi) is 5.39. The van der Waals surface area contributed by atoms with Crippen LogP contribution in [0.4, 0.5) is 0 Å². The molecule has 4 atom stereocenters. The predicted octanol–water partition coefficient (Wildman–Crippen LogP) is 4.43. The van der Waals surface area contributed by atoms with Gasteiger partial charge in [0.15, 0.2) is 11.6 Å². The fourth-order valence-corrected chi connectivity index (χ4v) is 7.66. The second-order valence-electron chi connectivity index (χ2n) is 10.9. The highest BCUT2D eigenvalue weighted by Gasteiger charge is 2.56. The van der Waals surface area contributed by atoms with Gasteiger partial charge in [0.25, 0.3) is 0 Å². The number of aromatic hydroxyl groups is 1. The number of imide groups is 1. The fourth-order valence-electron chi connectivity index (χ4n) is 6.97. The highest BCUT2D eigenvalue weighted by Crippen LogP contribution is 2.54. The molecule has 1 fully saturated rings. The first kappa shape index (κ1) is 24.0. The van der Waals surface area contributed by atoms with Gasteiger partial charge in [-0.25, -0.2) is 0 Å². The number of fused-ring (bicyclic) bond motifs is 4. The van der Waals surface area contributed by atoms with Crippen LogP contribution < -0.4 is 4.74 Å². The standard InChI is InChI=1S/C31H25NO6S/c1-15-9-24(34)28-23(29(15)35)12-22-20(26(28)17-10-16-11-18(33)4-7-25(16)38-14-17)5-6-21-27(22)31(37)32(30(21)36)13-19-3-2-8-39-19/h2-5,7-9,11,14,21-22,26-27,33H,6,10,12-13H2,1H3/t21-,22+,26-,27-/m0/s1. The van der Waals surface area contributed by atoms with Crippen LogP contribution in [-0.4, -0.2) is 33.4 Å². The lowest BCUT2D eigenvalue weighted by Crippen LogP contribution is -2.41. The molecule has 0 radical (unpaired) electrons. The Morgan fingerprint density at radius 1 is 1.10 bits per heavy atom. The van der Waals surface area contributed by atoms with Crippen molar-refractivity contribution in [3.8, 4) is 11.5 Å². The number of carbonyl (C=O) groups excluding carboxylic acids is 4. The normalized spacial score (nSPS) is 27.7. The van der Waals surface area contributed by atoms with E-state index >= 15 is 0 Å². The Labute approximate surface area is 228 Å². The average Bonchev–Trinajstić information content (AvgIpc) is 3.53. The third-order valence-electron chi connectivity index (χ3n) is 8.69. The average molecular weight is 540 g/mol. The van der Waals surface area contributed by atoms with Gasteiger partial charge in [-0.2, -0.15) is 0 Å². The van der Waals surface area contributed by atoms with Crippen molar-refractivity contribution >= 4 is 34.7 Å². The summed E-state index contributed by atoms with van der Waals surface area (Å²) < 4.78 is 5.92. The number of likely N-dealkylation sites (tertiary alicyclic amines) is 1. The molecule has 196 valence electrons. The minimum absolute atomic E-state index is 0.114. The Morgan fingerprint density at radius 3 is 2.74 bits per heavy atom. The smallest absolute Gasteiger partial charge is 0.234 e. The predicted molar refractivity (Wildman–Crippen MR) is 142 cm³/mol. The molecule has 2 amide bonds. The van der Waals surface area contributed by atoms with Crippen molar-refractivity contribution in [3.05, 3.63) is 92.4 Å². The fraction of sp³-hybridized carbons (Fsp3) is 0.290. The Bertz CT molecular complexity index is 1610. The van der Waals surface area contributed by atoms with E-state index < -0.39 is 17.8 Å². The lowest BCUT2D eigenvalue weighted by Gasteiger charge is -2.43. The molecule has 1 N–H and O–H groups in total. The SMILES string of the molecule is CC1=CC(=O)C2=C(C[C@@H]3C(=CC[C@@H]4C(=O)N(Cc5cccs5)C(=O)[C@@H]43)[C@@H]2C2=COc3ccc(O)cc3C2)C1=O. The van der Waals surface area contributed by atoms with E-state index in [-0.39, 0.29) is 48.0 Å². The molecule has 1 saturated heterocycles. The van der Waals surface area contributed by atoms with Gasteiger partial charge in [0.05, 0.1) is 24.6 Å². The summed E-state index contributed by atoms with van der Waals surface area (Å²) in [6.07, 6.45) is 6.14. The quantitative estimate of drug-likeness (QED) is 0.352.